The summed E-state index contributed by atoms with van der Waals surface area (Å²) in [5, 5.41) is 11.8. The van der Waals surface area contributed by atoms with E-state index in [-0.39, 0.29) is 12.5 Å². The van der Waals surface area contributed by atoms with Crippen LogP contribution < -0.4 is 5.32 Å². The molecule has 4 heteroatoms. The SMILES string of the molecule is Cc1ccc(/C=C/C(=O)NCCc2ccc(CO)cc2)o1. The first-order valence-electron chi connectivity index (χ1n) is 6.88. The summed E-state index contributed by atoms with van der Waals surface area (Å²) in [7, 11) is 0. The third-order valence-electron chi connectivity index (χ3n) is 3.08. The number of rotatable bonds is 6. The van der Waals surface area contributed by atoms with E-state index in [0.29, 0.717) is 12.3 Å². The van der Waals surface area contributed by atoms with E-state index in [0.717, 1.165) is 23.3 Å². The lowest BCUT2D eigenvalue weighted by Gasteiger charge is -2.03. The molecule has 0 unspecified atom stereocenters. The van der Waals surface area contributed by atoms with Gasteiger partial charge in [-0.15, -0.1) is 0 Å². The van der Waals surface area contributed by atoms with E-state index >= 15 is 0 Å². The van der Waals surface area contributed by atoms with Gasteiger partial charge < -0.3 is 14.8 Å². The molecule has 0 radical (unpaired) electrons. The number of carbonyl (C=O) groups is 1. The Balaban J connectivity index is 1.74. The van der Waals surface area contributed by atoms with Crippen molar-refractivity contribution < 1.29 is 14.3 Å². The van der Waals surface area contributed by atoms with Crippen LogP contribution >= 0.6 is 0 Å². The first kappa shape index (κ1) is 15.1. The van der Waals surface area contributed by atoms with Gasteiger partial charge in [-0.3, -0.25) is 4.79 Å². The van der Waals surface area contributed by atoms with Crippen LogP contribution in [0, 0.1) is 6.92 Å². The Hall–Kier alpha value is -2.33. The highest BCUT2D eigenvalue weighted by Gasteiger charge is 1.98. The van der Waals surface area contributed by atoms with E-state index in [9.17, 15) is 4.79 Å². The van der Waals surface area contributed by atoms with Gasteiger partial charge in [0.1, 0.15) is 11.5 Å². The van der Waals surface area contributed by atoms with Gasteiger partial charge in [0.15, 0.2) is 0 Å². The second-order valence-electron chi connectivity index (χ2n) is 4.80. The van der Waals surface area contributed by atoms with Crippen molar-refractivity contribution in [2.45, 2.75) is 20.0 Å². The summed E-state index contributed by atoms with van der Waals surface area (Å²) in [4.78, 5) is 11.6. The Bertz CT molecular complexity index is 611. The third-order valence-corrected chi connectivity index (χ3v) is 3.08. The maximum Gasteiger partial charge on any atom is 0.244 e. The molecule has 1 amide bonds. The maximum absolute atomic E-state index is 11.6. The number of hydrogen-bond acceptors (Lipinski definition) is 3. The zero-order valence-corrected chi connectivity index (χ0v) is 12.0. The van der Waals surface area contributed by atoms with E-state index in [1.54, 1.807) is 6.08 Å². The van der Waals surface area contributed by atoms with Crippen LogP contribution in [0.1, 0.15) is 22.6 Å². The molecular weight excluding hydrogens is 266 g/mol. The normalized spacial score (nSPS) is 11.0. The summed E-state index contributed by atoms with van der Waals surface area (Å²) >= 11 is 0. The van der Waals surface area contributed by atoms with Crippen molar-refractivity contribution in [2.24, 2.45) is 0 Å². The summed E-state index contributed by atoms with van der Waals surface area (Å²) in [6.07, 6.45) is 3.87. The van der Waals surface area contributed by atoms with Crippen molar-refractivity contribution in [2.75, 3.05) is 6.54 Å². The Kier molecular flexibility index (Phi) is 5.35. The fraction of sp³-hybridized carbons (Fsp3) is 0.235. The van der Waals surface area contributed by atoms with E-state index in [4.69, 9.17) is 9.52 Å². The molecule has 0 aliphatic carbocycles. The highest BCUT2D eigenvalue weighted by Crippen LogP contribution is 2.07. The van der Waals surface area contributed by atoms with Gasteiger partial charge in [-0.1, -0.05) is 24.3 Å². The zero-order valence-electron chi connectivity index (χ0n) is 12.0. The molecule has 0 saturated carbocycles. The summed E-state index contributed by atoms with van der Waals surface area (Å²) in [5.41, 5.74) is 2.01. The highest BCUT2D eigenvalue weighted by molar-refractivity contribution is 5.91. The number of nitrogens with one attached hydrogen (secondary N) is 1. The van der Waals surface area contributed by atoms with E-state index < -0.39 is 0 Å². The number of hydrogen-bond donors (Lipinski definition) is 2. The van der Waals surface area contributed by atoms with Crippen molar-refractivity contribution in [3.05, 3.63) is 65.1 Å². The van der Waals surface area contributed by atoms with Crippen LogP contribution in [0.4, 0.5) is 0 Å². The monoisotopic (exact) mass is 285 g/mol. The van der Waals surface area contributed by atoms with Crippen LogP contribution in [0.3, 0.4) is 0 Å². The fourth-order valence-electron chi connectivity index (χ4n) is 1.90. The molecule has 110 valence electrons. The smallest absolute Gasteiger partial charge is 0.244 e. The number of aliphatic hydroxyl groups excluding tert-OH is 1. The lowest BCUT2D eigenvalue weighted by molar-refractivity contribution is -0.116. The molecule has 0 atom stereocenters. The second kappa shape index (κ2) is 7.45. The first-order valence-corrected chi connectivity index (χ1v) is 6.88. The van der Waals surface area contributed by atoms with E-state index in [1.165, 1.54) is 6.08 Å². The predicted molar refractivity (Wildman–Crippen MR) is 81.6 cm³/mol. The Morgan fingerprint density at radius 2 is 1.90 bits per heavy atom. The maximum atomic E-state index is 11.6. The van der Waals surface area contributed by atoms with E-state index in [1.807, 2.05) is 43.3 Å². The van der Waals surface area contributed by atoms with Gasteiger partial charge in [0.25, 0.3) is 0 Å². The molecular formula is C17H19NO3. The van der Waals surface area contributed by atoms with Crippen molar-refractivity contribution in [3.8, 4) is 0 Å². The number of aryl methyl sites for hydroxylation is 1. The molecule has 0 aliphatic rings. The highest BCUT2D eigenvalue weighted by atomic mass is 16.3. The van der Waals surface area contributed by atoms with Crippen molar-refractivity contribution in [1.29, 1.82) is 0 Å². The Morgan fingerprint density at radius 1 is 1.19 bits per heavy atom. The van der Waals surface area contributed by atoms with Crippen LogP contribution in [0.5, 0.6) is 0 Å². The molecule has 0 aliphatic heterocycles. The van der Waals surface area contributed by atoms with Gasteiger partial charge in [-0.25, -0.2) is 0 Å². The first-order chi connectivity index (χ1) is 10.2. The predicted octanol–water partition coefficient (Wildman–Crippen LogP) is 2.45. The Morgan fingerprint density at radius 3 is 2.52 bits per heavy atom. The topological polar surface area (TPSA) is 62.5 Å². The van der Waals surface area contributed by atoms with Gasteiger partial charge in [0.05, 0.1) is 6.61 Å². The standard InChI is InChI=1S/C17H19NO3/c1-13-2-7-16(21-13)8-9-17(20)18-11-10-14-3-5-15(12-19)6-4-14/h2-9,19H,10-12H2,1H3,(H,18,20)/b9-8+. The molecule has 2 rings (SSSR count). The molecule has 4 nitrogen and oxygen atoms in total. The van der Waals surface area contributed by atoms with Crippen LogP contribution in [-0.4, -0.2) is 17.6 Å². The molecule has 1 heterocycles. The minimum Gasteiger partial charge on any atom is -0.462 e. The summed E-state index contributed by atoms with van der Waals surface area (Å²) in [5.74, 6) is 1.35. The molecule has 0 fully saturated rings. The molecule has 0 saturated heterocycles. The molecule has 1 aromatic heterocycles. The van der Waals surface area contributed by atoms with E-state index in [2.05, 4.69) is 5.32 Å². The summed E-state index contributed by atoms with van der Waals surface area (Å²) < 4.78 is 5.34. The van der Waals surface area contributed by atoms with Gasteiger partial charge in [-0.2, -0.15) is 0 Å². The van der Waals surface area contributed by atoms with Crippen LogP contribution in [0.2, 0.25) is 0 Å². The van der Waals surface area contributed by atoms with Crippen molar-refractivity contribution in [3.63, 3.8) is 0 Å². The molecule has 2 aromatic rings. The zero-order chi connectivity index (χ0) is 15.1. The number of aliphatic hydroxyl groups is 1. The average molecular weight is 285 g/mol. The summed E-state index contributed by atoms with van der Waals surface area (Å²) in [6.45, 7) is 2.48. The van der Waals surface area contributed by atoms with Crippen LogP contribution in [0.25, 0.3) is 6.08 Å². The quantitative estimate of drug-likeness (QED) is 0.801. The van der Waals surface area contributed by atoms with Crippen LogP contribution in [-0.2, 0) is 17.8 Å². The molecule has 1 aromatic carbocycles. The Labute approximate surface area is 124 Å². The lowest BCUT2D eigenvalue weighted by Crippen LogP contribution is -2.23. The average Bonchev–Trinajstić information content (AvgIpc) is 2.91. The van der Waals surface area contributed by atoms with Crippen LogP contribution in [0.15, 0.2) is 46.9 Å². The minimum atomic E-state index is -0.143. The number of amides is 1. The number of furan rings is 1. The van der Waals surface area contributed by atoms with Gasteiger partial charge in [-0.05, 0) is 42.7 Å². The van der Waals surface area contributed by atoms with Gasteiger partial charge in [0, 0.05) is 12.6 Å². The molecule has 21 heavy (non-hydrogen) atoms. The molecule has 0 bridgehead atoms. The number of carbonyl (C=O) groups excluding carboxylic acids is 1. The second-order valence-corrected chi connectivity index (χ2v) is 4.80. The fourth-order valence-corrected chi connectivity index (χ4v) is 1.90. The van der Waals surface area contributed by atoms with Crippen molar-refractivity contribution in [1.82, 2.24) is 5.32 Å². The largest absolute Gasteiger partial charge is 0.462 e. The summed E-state index contributed by atoms with van der Waals surface area (Å²) in [6, 6.07) is 11.4. The van der Waals surface area contributed by atoms with Gasteiger partial charge in [0.2, 0.25) is 5.91 Å². The lowest BCUT2D eigenvalue weighted by atomic mass is 10.1. The number of benzene rings is 1. The van der Waals surface area contributed by atoms with Gasteiger partial charge >= 0.3 is 0 Å². The third kappa shape index (κ3) is 4.93. The minimum absolute atomic E-state index is 0.0497. The molecule has 2 N–H and O–H groups in total. The van der Waals surface area contributed by atoms with Crippen molar-refractivity contribution >= 4 is 12.0 Å². The molecule has 0 spiro atoms.